The molecule has 23 heavy (non-hydrogen) atoms. The van der Waals surface area contributed by atoms with Crippen LogP contribution in [0.15, 0.2) is 6.07 Å². The van der Waals surface area contributed by atoms with E-state index in [1.165, 1.54) is 26.2 Å². The minimum absolute atomic E-state index is 0.0695. The summed E-state index contributed by atoms with van der Waals surface area (Å²) in [4.78, 5) is 19.4. The fourth-order valence-electron chi connectivity index (χ4n) is 3.80. The molecule has 6 heteroatoms. The zero-order valence-corrected chi connectivity index (χ0v) is 14.6. The van der Waals surface area contributed by atoms with Gasteiger partial charge in [-0.15, -0.1) is 0 Å². The Hall–Kier alpha value is -1.40. The van der Waals surface area contributed by atoms with Crippen LogP contribution in [0.25, 0.3) is 0 Å². The molecule has 0 spiro atoms. The van der Waals surface area contributed by atoms with E-state index in [1.54, 1.807) is 0 Å². The van der Waals surface area contributed by atoms with Crippen LogP contribution in [0.3, 0.4) is 0 Å². The molecule has 2 aliphatic rings. The molecule has 0 saturated carbocycles. The molecule has 1 aromatic rings. The van der Waals surface area contributed by atoms with Crippen LogP contribution < -0.4 is 0 Å². The molecule has 6 nitrogen and oxygen atoms in total. The van der Waals surface area contributed by atoms with Crippen LogP contribution in [0.4, 0.5) is 0 Å². The number of rotatable bonds is 3. The third-order valence-corrected chi connectivity index (χ3v) is 5.55. The number of aromatic nitrogens is 2. The maximum absolute atomic E-state index is 12.5. The van der Waals surface area contributed by atoms with E-state index in [4.69, 9.17) is 0 Å². The summed E-state index contributed by atoms with van der Waals surface area (Å²) in [5.74, 6) is 0.767. The molecular weight excluding hydrogens is 290 g/mol. The van der Waals surface area contributed by atoms with E-state index in [1.807, 2.05) is 17.9 Å². The van der Waals surface area contributed by atoms with Gasteiger partial charge in [0.05, 0.1) is 0 Å². The summed E-state index contributed by atoms with van der Waals surface area (Å²) in [6.07, 6.45) is 2.20. The van der Waals surface area contributed by atoms with Gasteiger partial charge in [-0.3, -0.25) is 14.8 Å². The normalized spacial score (nSPS) is 23.2. The average Bonchev–Trinajstić information content (AvgIpc) is 3.01. The second kappa shape index (κ2) is 7.01. The van der Waals surface area contributed by atoms with E-state index in [9.17, 15) is 4.79 Å². The summed E-state index contributed by atoms with van der Waals surface area (Å²) in [6, 6.07) is 2.45. The number of nitrogens with one attached hydrogen (secondary N) is 1. The summed E-state index contributed by atoms with van der Waals surface area (Å²) in [7, 11) is 2.20. The first kappa shape index (κ1) is 16.5. The first-order chi connectivity index (χ1) is 11.0. The van der Waals surface area contributed by atoms with E-state index in [0.29, 0.717) is 17.7 Å². The fourth-order valence-corrected chi connectivity index (χ4v) is 3.80. The van der Waals surface area contributed by atoms with E-state index in [0.717, 1.165) is 31.6 Å². The highest BCUT2D eigenvalue weighted by Gasteiger charge is 2.31. The lowest BCUT2D eigenvalue weighted by Crippen LogP contribution is -2.52. The van der Waals surface area contributed by atoms with Crippen LogP contribution in [0.1, 0.15) is 35.9 Å². The smallest absolute Gasteiger partial charge is 0.274 e. The van der Waals surface area contributed by atoms with Gasteiger partial charge in [-0.2, -0.15) is 5.10 Å². The van der Waals surface area contributed by atoms with Gasteiger partial charge in [0.25, 0.3) is 5.91 Å². The van der Waals surface area contributed by atoms with Crippen LogP contribution in [-0.4, -0.2) is 83.2 Å². The highest BCUT2D eigenvalue weighted by Crippen LogP contribution is 2.25. The Morgan fingerprint density at radius 2 is 1.87 bits per heavy atom. The van der Waals surface area contributed by atoms with Gasteiger partial charge in [-0.1, -0.05) is 0 Å². The lowest BCUT2D eigenvalue weighted by Gasteiger charge is -2.42. The number of likely N-dealkylation sites (N-methyl/N-ethyl adjacent to an activating group) is 1. The van der Waals surface area contributed by atoms with Crippen LogP contribution >= 0.6 is 0 Å². The summed E-state index contributed by atoms with van der Waals surface area (Å²) in [5.41, 5.74) is 1.49. The minimum atomic E-state index is 0.0695. The predicted octanol–water partition coefficient (Wildman–Crippen LogP) is 1.21. The summed E-state index contributed by atoms with van der Waals surface area (Å²) < 4.78 is 0. The molecule has 128 valence electrons. The van der Waals surface area contributed by atoms with Crippen molar-refractivity contribution in [1.82, 2.24) is 24.9 Å². The number of nitrogens with zero attached hydrogens (tertiary/aromatic N) is 4. The maximum Gasteiger partial charge on any atom is 0.274 e. The number of aromatic amines is 1. The third kappa shape index (κ3) is 3.75. The number of carbonyl (C=O) groups excluding carboxylic acids is 1. The molecular formula is C17H29N5O. The van der Waals surface area contributed by atoms with Crippen LogP contribution in [0.2, 0.25) is 0 Å². The minimum Gasteiger partial charge on any atom is -0.337 e. The zero-order chi connectivity index (χ0) is 16.4. The van der Waals surface area contributed by atoms with Gasteiger partial charge in [-0.25, -0.2) is 0 Å². The molecule has 0 bridgehead atoms. The second-order valence-corrected chi connectivity index (χ2v) is 7.15. The number of likely N-dealkylation sites (tertiary alicyclic amines) is 1. The highest BCUT2D eigenvalue weighted by atomic mass is 16.2. The standard InChI is InChI=1S/C17H29N5O/c1-13-12-16(19-18-13)17(23)22-6-4-15(5-7-22)14(2)21-10-8-20(3)9-11-21/h12,14-15H,4-11H2,1-3H3,(H,18,19). The monoisotopic (exact) mass is 319 g/mol. The Morgan fingerprint density at radius 1 is 1.22 bits per heavy atom. The molecule has 0 aliphatic carbocycles. The molecule has 0 aromatic carbocycles. The van der Waals surface area contributed by atoms with E-state index < -0.39 is 0 Å². The van der Waals surface area contributed by atoms with Crippen LogP contribution in [-0.2, 0) is 0 Å². The number of aryl methyl sites for hydroxylation is 1. The molecule has 1 unspecified atom stereocenters. The largest absolute Gasteiger partial charge is 0.337 e. The van der Waals surface area contributed by atoms with Gasteiger partial charge >= 0.3 is 0 Å². The number of piperidine rings is 1. The lowest BCUT2D eigenvalue weighted by atomic mass is 9.89. The highest BCUT2D eigenvalue weighted by molar-refractivity contribution is 5.92. The van der Waals surface area contributed by atoms with Crippen molar-refractivity contribution >= 4 is 5.91 Å². The summed E-state index contributed by atoms with van der Waals surface area (Å²) in [5, 5.41) is 6.95. The van der Waals surface area contributed by atoms with E-state index >= 15 is 0 Å². The first-order valence-corrected chi connectivity index (χ1v) is 8.78. The van der Waals surface area contributed by atoms with Gasteiger partial charge in [0, 0.05) is 51.0 Å². The van der Waals surface area contributed by atoms with Crippen molar-refractivity contribution in [3.05, 3.63) is 17.5 Å². The molecule has 3 rings (SSSR count). The Kier molecular flexibility index (Phi) is 5.02. The Balaban J connectivity index is 1.51. The SMILES string of the molecule is Cc1cc(C(=O)N2CCC(C(C)N3CCN(C)CC3)CC2)n[nH]1. The third-order valence-electron chi connectivity index (χ3n) is 5.55. The van der Waals surface area contributed by atoms with Gasteiger partial charge in [0.1, 0.15) is 5.69 Å². The number of H-pyrrole nitrogens is 1. The molecule has 1 atom stereocenters. The number of hydrogen-bond acceptors (Lipinski definition) is 4. The Morgan fingerprint density at radius 3 is 2.43 bits per heavy atom. The van der Waals surface area contributed by atoms with E-state index in [-0.39, 0.29) is 5.91 Å². The number of hydrogen-bond donors (Lipinski definition) is 1. The first-order valence-electron chi connectivity index (χ1n) is 8.78. The van der Waals surface area contributed by atoms with Gasteiger partial charge in [-0.05, 0) is 45.7 Å². The van der Waals surface area contributed by atoms with Crippen LogP contribution in [0, 0.1) is 12.8 Å². The van der Waals surface area contributed by atoms with Crippen molar-refractivity contribution in [2.75, 3.05) is 46.3 Å². The lowest BCUT2D eigenvalue weighted by molar-refractivity contribution is 0.0496. The topological polar surface area (TPSA) is 55.5 Å². The Labute approximate surface area is 138 Å². The second-order valence-electron chi connectivity index (χ2n) is 7.15. The molecule has 2 saturated heterocycles. The Bertz CT molecular complexity index is 527. The molecule has 1 amide bonds. The summed E-state index contributed by atoms with van der Waals surface area (Å²) in [6.45, 7) is 10.7. The quantitative estimate of drug-likeness (QED) is 0.910. The van der Waals surface area contributed by atoms with Crippen molar-refractivity contribution in [3.63, 3.8) is 0 Å². The molecule has 1 N–H and O–H groups in total. The van der Waals surface area contributed by atoms with Gasteiger partial charge in [0.2, 0.25) is 0 Å². The van der Waals surface area contributed by atoms with Crippen molar-refractivity contribution in [2.24, 2.45) is 5.92 Å². The van der Waals surface area contributed by atoms with Crippen molar-refractivity contribution in [2.45, 2.75) is 32.7 Å². The zero-order valence-electron chi connectivity index (χ0n) is 14.6. The number of piperazine rings is 1. The number of carbonyl (C=O) groups is 1. The maximum atomic E-state index is 12.5. The molecule has 2 aliphatic heterocycles. The van der Waals surface area contributed by atoms with Gasteiger partial charge in [0.15, 0.2) is 0 Å². The predicted molar refractivity (Wildman–Crippen MR) is 90.5 cm³/mol. The van der Waals surface area contributed by atoms with Crippen molar-refractivity contribution < 1.29 is 4.79 Å². The van der Waals surface area contributed by atoms with Crippen LogP contribution in [0.5, 0.6) is 0 Å². The molecule has 2 fully saturated rings. The van der Waals surface area contributed by atoms with Crippen molar-refractivity contribution in [1.29, 1.82) is 0 Å². The van der Waals surface area contributed by atoms with E-state index in [2.05, 4.69) is 34.0 Å². The number of amides is 1. The molecule has 1 aromatic heterocycles. The molecule has 3 heterocycles. The fraction of sp³-hybridized carbons (Fsp3) is 0.765. The average molecular weight is 319 g/mol. The molecule has 0 radical (unpaired) electrons. The summed E-state index contributed by atoms with van der Waals surface area (Å²) >= 11 is 0. The van der Waals surface area contributed by atoms with Crippen molar-refractivity contribution in [3.8, 4) is 0 Å². The van der Waals surface area contributed by atoms with Gasteiger partial charge < -0.3 is 9.80 Å².